The van der Waals surface area contributed by atoms with Crippen LogP contribution in [-0.2, 0) is 4.84 Å². The lowest BCUT2D eigenvalue weighted by atomic mass is 10.1. The number of nitrogens with one attached hydrogen (secondary N) is 1. The van der Waals surface area contributed by atoms with Crippen molar-refractivity contribution in [1.29, 1.82) is 0 Å². The monoisotopic (exact) mass is 464 g/mol. The van der Waals surface area contributed by atoms with Gasteiger partial charge in [-0.25, -0.2) is 19.3 Å². The molecule has 0 fully saturated rings. The summed E-state index contributed by atoms with van der Waals surface area (Å²) in [6.07, 6.45) is 7.46. The van der Waals surface area contributed by atoms with Gasteiger partial charge in [-0.3, -0.25) is 4.79 Å². The van der Waals surface area contributed by atoms with Gasteiger partial charge in [0.05, 0.1) is 24.0 Å². The highest BCUT2D eigenvalue weighted by molar-refractivity contribution is 5.98. The van der Waals surface area contributed by atoms with Crippen molar-refractivity contribution in [1.82, 2.24) is 24.7 Å². The summed E-state index contributed by atoms with van der Waals surface area (Å²) in [5, 5.41) is 6.82. The highest BCUT2D eigenvalue weighted by Gasteiger charge is 2.23. The van der Waals surface area contributed by atoms with E-state index in [0.717, 1.165) is 11.8 Å². The average Bonchev–Trinajstić information content (AvgIpc) is 3.51. The maximum atomic E-state index is 13.8. The number of fused-ring (bicyclic) bond motifs is 1. The zero-order chi connectivity index (χ0) is 23.5. The SMILES string of the molecule is O=C(NCC1=NOC(COc2cc(F)cnc2-c2ccc(F)nc2)C1)c1ccc2nccn2c1. The largest absolute Gasteiger partial charge is 0.487 e. The van der Waals surface area contributed by atoms with Crippen LogP contribution in [0.5, 0.6) is 5.75 Å². The Bertz CT molecular complexity index is 1370. The van der Waals surface area contributed by atoms with Gasteiger partial charge in [-0.05, 0) is 24.3 Å². The Morgan fingerprint density at radius 3 is 2.94 bits per heavy atom. The van der Waals surface area contributed by atoms with Crippen LogP contribution in [-0.4, -0.2) is 50.2 Å². The molecular weight excluding hydrogens is 446 g/mol. The van der Waals surface area contributed by atoms with Gasteiger partial charge in [-0.15, -0.1) is 0 Å². The molecule has 172 valence electrons. The van der Waals surface area contributed by atoms with Crippen LogP contribution in [0.2, 0.25) is 0 Å². The molecule has 5 heterocycles. The van der Waals surface area contributed by atoms with Gasteiger partial charge in [0.15, 0.2) is 6.10 Å². The van der Waals surface area contributed by atoms with E-state index in [4.69, 9.17) is 9.57 Å². The second-order valence-corrected chi connectivity index (χ2v) is 7.56. The molecule has 1 atom stereocenters. The van der Waals surface area contributed by atoms with Crippen LogP contribution in [0.3, 0.4) is 0 Å². The van der Waals surface area contributed by atoms with Crippen LogP contribution < -0.4 is 10.1 Å². The van der Waals surface area contributed by atoms with Crippen molar-refractivity contribution in [3.63, 3.8) is 0 Å². The highest BCUT2D eigenvalue weighted by atomic mass is 19.1. The summed E-state index contributed by atoms with van der Waals surface area (Å²) in [6.45, 7) is 0.288. The minimum absolute atomic E-state index is 0.0744. The number of pyridine rings is 3. The van der Waals surface area contributed by atoms with E-state index in [0.29, 0.717) is 29.0 Å². The second kappa shape index (κ2) is 9.22. The molecule has 11 heteroatoms. The Balaban J connectivity index is 1.16. The maximum Gasteiger partial charge on any atom is 0.253 e. The van der Waals surface area contributed by atoms with Crippen molar-refractivity contribution in [3.05, 3.63) is 78.6 Å². The first kappa shape index (κ1) is 21.4. The number of carbonyl (C=O) groups is 1. The van der Waals surface area contributed by atoms with Crippen molar-refractivity contribution < 1.29 is 23.1 Å². The number of hydrogen-bond donors (Lipinski definition) is 1. The molecule has 4 aromatic heterocycles. The number of oxime groups is 1. The Morgan fingerprint density at radius 1 is 1.18 bits per heavy atom. The lowest BCUT2D eigenvalue weighted by molar-refractivity contribution is 0.0470. The lowest BCUT2D eigenvalue weighted by Gasteiger charge is -2.13. The van der Waals surface area contributed by atoms with Crippen molar-refractivity contribution in [2.24, 2.45) is 5.16 Å². The summed E-state index contributed by atoms with van der Waals surface area (Å²) in [4.78, 5) is 29.6. The molecule has 34 heavy (non-hydrogen) atoms. The first-order chi connectivity index (χ1) is 16.5. The van der Waals surface area contributed by atoms with Gasteiger partial charge in [0, 0.05) is 42.8 Å². The van der Waals surface area contributed by atoms with Crippen LogP contribution in [0, 0.1) is 11.8 Å². The first-order valence-corrected chi connectivity index (χ1v) is 10.4. The van der Waals surface area contributed by atoms with Crippen LogP contribution in [0.1, 0.15) is 16.8 Å². The summed E-state index contributed by atoms with van der Waals surface area (Å²) < 4.78 is 34.4. The Morgan fingerprint density at radius 2 is 2.09 bits per heavy atom. The number of carbonyl (C=O) groups excluding carboxylic acids is 1. The van der Waals surface area contributed by atoms with Gasteiger partial charge in [0.1, 0.15) is 29.5 Å². The predicted octanol–water partition coefficient (Wildman–Crippen LogP) is 3.02. The minimum atomic E-state index is -0.633. The second-order valence-electron chi connectivity index (χ2n) is 7.56. The number of amides is 1. The normalized spacial score (nSPS) is 15.1. The fourth-order valence-corrected chi connectivity index (χ4v) is 3.47. The summed E-state index contributed by atoms with van der Waals surface area (Å²) in [5.74, 6) is -1.28. The first-order valence-electron chi connectivity index (χ1n) is 10.4. The Hall–Kier alpha value is -4.41. The van der Waals surface area contributed by atoms with Gasteiger partial charge in [-0.1, -0.05) is 5.16 Å². The molecule has 5 rings (SSSR count). The summed E-state index contributed by atoms with van der Waals surface area (Å²) in [7, 11) is 0. The van der Waals surface area contributed by atoms with Crippen LogP contribution in [0.4, 0.5) is 8.78 Å². The van der Waals surface area contributed by atoms with E-state index in [1.54, 1.807) is 35.1 Å². The zero-order valence-corrected chi connectivity index (χ0v) is 17.7. The van der Waals surface area contributed by atoms with Gasteiger partial charge >= 0.3 is 0 Å². The molecule has 1 amide bonds. The van der Waals surface area contributed by atoms with E-state index in [-0.39, 0.29) is 24.8 Å². The number of ether oxygens (including phenoxy) is 1. The maximum absolute atomic E-state index is 13.8. The topological polar surface area (TPSA) is 103 Å². The van der Waals surface area contributed by atoms with E-state index in [9.17, 15) is 13.6 Å². The smallest absolute Gasteiger partial charge is 0.253 e. The number of nitrogens with zero attached hydrogens (tertiary/aromatic N) is 5. The molecule has 0 saturated carbocycles. The molecule has 1 aliphatic heterocycles. The summed E-state index contributed by atoms with van der Waals surface area (Å²) in [5.41, 5.74) is 2.70. The van der Waals surface area contributed by atoms with E-state index in [2.05, 4.69) is 25.4 Å². The van der Waals surface area contributed by atoms with E-state index < -0.39 is 17.9 Å². The van der Waals surface area contributed by atoms with Crippen molar-refractivity contribution in [2.45, 2.75) is 12.5 Å². The van der Waals surface area contributed by atoms with Crippen LogP contribution in [0.25, 0.3) is 16.9 Å². The molecular formula is C23H18F2N6O3. The molecule has 1 unspecified atom stereocenters. The lowest BCUT2D eigenvalue weighted by Crippen LogP contribution is -2.30. The van der Waals surface area contributed by atoms with E-state index in [1.165, 1.54) is 24.4 Å². The number of hydrogen-bond acceptors (Lipinski definition) is 7. The minimum Gasteiger partial charge on any atom is -0.487 e. The molecule has 0 bridgehead atoms. The number of halogens is 2. The number of aromatic nitrogens is 4. The van der Waals surface area contributed by atoms with Crippen LogP contribution >= 0.6 is 0 Å². The number of rotatable bonds is 7. The fraction of sp³-hybridized carbons (Fsp3) is 0.174. The molecule has 0 saturated heterocycles. The van der Waals surface area contributed by atoms with Gasteiger partial charge in [0.2, 0.25) is 5.95 Å². The quantitative estimate of drug-likeness (QED) is 0.422. The third-order valence-electron chi connectivity index (χ3n) is 5.14. The molecule has 0 radical (unpaired) electrons. The van der Waals surface area contributed by atoms with Gasteiger partial charge < -0.3 is 19.3 Å². The van der Waals surface area contributed by atoms with Gasteiger partial charge in [-0.2, -0.15) is 4.39 Å². The molecule has 0 aromatic carbocycles. The van der Waals surface area contributed by atoms with Crippen molar-refractivity contribution in [2.75, 3.05) is 13.2 Å². The average molecular weight is 464 g/mol. The predicted molar refractivity (Wildman–Crippen MR) is 117 cm³/mol. The van der Waals surface area contributed by atoms with Crippen molar-refractivity contribution in [3.8, 4) is 17.0 Å². The Kier molecular flexibility index (Phi) is 5.81. The number of imidazole rings is 1. The van der Waals surface area contributed by atoms with E-state index in [1.807, 2.05) is 0 Å². The highest BCUT2D eigenvalue weighted by Crippen LogP contribution is 2.28. The molecule has 4 aromatic rings. The van der Waals surface area contributed by atoms with Crippen LogP contribution in [0.15, 0.2) is 66.5 Å². The fourth-order valence-electron chi connectivity index (χ4n) is 3.47. The standard InChI is InChI=1S/C23H18F2N6O3/c24-16-7-19(22(28-10-16)14-1-3-20(25)27-9-14)33-13-18-8-17(30-34-18)11-29-23(32)15-2-4-21-26-5-6-31(21)12-15/h1-7,9-10,12,18H,8,11,13H2,(H,29,32). The molecule has 1 aliphatic rings. The zero-order valence-electron chi connectivity index (χ0n) is 17.7. The third-order valence-corrected chi connectivity index (χ3v) is 5.14. The Labute approximate surface area is 192 Å². The summed E-state index contributed by atoms with van der Waals surface area (Å²) >= 11 is 0. The van der Waals surface area contributed by atoms with Gasteiger partial charge in [0.25, 0.3) is 5.91 Å². The molecule has 1 N–H and O–H groups in total. The van der Waals surface area contributed by atoms with Crippen molar-refractivity contribution >= 4 is 17.3 Å². The molecule has 0 aliphatic carbocycles. The molecule has 0 spiro atoms. The summed E-state index contributed by atoms with van der Waals surface area (Å²) in [6, 6.07) is 7.32. The molecule has 9 nitrogen and oxygen atoms in total. The van der Waals surface area contributed by atoms with E-state index >= 15 is 0 Å². The third kappa shape index (κ3) is 4.68.